The van der Waals surface area contributed by atoms with Crippen molar-refractivity contribution >= 4 is 40.6 Å². The minimum Gasteiger partial charge on any atom is -0.463 e. The standard InChI is InChI=1S/C31H33NO10/c1-6-21-11-13-22(14-12-21)27(37)24-15-32(25-10-8-7-9-23(24)25)31-30(41-20(5)36)29(40-19(4)35)28(39-18(3)34)26(42-31)16-38-17(2)33/h7-15,26,28-31H,6,16H2,1-5H3/t26-,28-,29+,30-,31?/m1/s1. The third kappa shape index (κ3) is 6.68. The van der Waals surface area contributed by atoms with E-state index in [1.165, 1.54) is 13.8 Å². The molecule has 1 aliphatic rings. The summed E-state index contributed by atoms with van der Waals surface area (Å²) in [5, 5.41) is 0.606. The van der Waals surface area contributed by atoms with E-state index < -0.39 is 54.5 Å². The maximum atomic E-state index is 13.7. The molecule has 4 rings (SSSR count). The van der Waals surface area contributed by atoms with Gasteiger partial charge in [0.1, 0.15) is 12.7 Å². The molecule has 3 aromatic rings. The first-order valence-corrected chi connectivity index (χ1v) is 13.5. The Bertz CT molecular complexity index is 1490. The minimum atomic E-state index is -1.34. The first kappa shape index (κ1) is 30.4. The average molecular weight is 580 g/mol. The lowest BCUT2D eigenvalue weighted by Crippen LogP contribution is -2.60. The molecule has 0 spiro atoms. The number of esters is 4. The van der Waals surface area contributed by atoms with Gasteiger partial charge >= 0.3 is 23.9 Å². The number of aromatic nitrogens is 1. The van der Waals surface area contributed by atoms with Crippen molar-refractivity contribution in [3.63, 3.8) is 0 Å². The molecule has 1 aliphatic heterocycles. The monoisotopic (exact) mass is 579 g/mol. The summed E-state index contributed by atoms with van der Waals surface area (Å²) in [5.74, 6) is -3.02. The van der Waals surface area contributed by atoms with Gasteiger partial charge in [-0.1, -0.05) is 49.4 Å². The Morgan fingerprint density at radius 1 is 0.762 bits per heavy atom. The van der Waals surface area contributed by atoms with Crippen molar-refractivity contribution in [1.82, 2.24) is 4.57 Å². The summed E-state index contributed by atoms with van der Waals surface area (Å²) in [6, 6.07) is 14.4. The third-order valence-electron chi connectivity index (χ3n) is 6.85. The molecule has 0 amide bonds. The molecule has 42 heavy (non-hydrogen) atoms. The number of rotatable bonds is 9. The lowest BCUT2D eigenvalue weighted by molar-refractivity contribution is -0.267. The summed E-state index contributed by atoms with van der Waals surface area (Å²) in [5.41, 5.74) is 2.50. The highest BCUT2D eigenvalue weighted by Crippen LogP contribution is 2.38. The van der Waals surface area contributed by atoms with Crippen molar-refractivity contribution in [1.29, 1.82) is 0 Å². The molecule has 2 heterocycles. The van der Waals surface area contributed by atoms with Crippen molar-refractivity contribution < 1.29 is 47.7 Å². The van der Waals surface area contributed by atoms with Crippen molar-refractivity contribution in [3.05, 3.63) is 71.4 Å². The number of ketones is 1. The average Bonchev–Trinajstić information content (AvgIpc) is 3.32. The molecule has 11 nitrogen and oxygen atoms in total. The van der Waals surface area contributed by atoms with E-state index in [0.717, 1.165) is 25.8 Å². The van der Waals surface area contributed by atoms with E-state index in [-0.39, 0.29) is 12.4 Å². The first-order chi connectivity index (χ1) is 20.0. The molecule has 5 atom stereocenters. The Balaban J connectivity index is 1.87. The Hall–Kier alpha value is -4.51. The van der Waals surface area contributed by atoms with Gasteiger partial charge in [0.05, 0.1) is 5.52 Å². The van der Waals surface area contributed by atoms with Crippen LogP contribution in [0.5, 0.6) is 0 Å². The molecule has 1 aromatic heterocycles. The summed E-state index contributed by atoms with van der Waals surface area (Å²) in [6.07, 6.45) is -3.83. The summed E-state index contributed by atoms with van der Waals surface area (Å²) < 4.78 is 29.8. The second kappa shape index (κ2) is 13.0. The normalized spacial score (nSPS) is 21.8. The molecule has 0 radical (unpaired) electrons. The van der Waals surface area contributed by atoms with Crippen molar-refractivity contribution in [3.8, 4) is 0 Å². The second-order valence-electron chi connectivity index (χ2n) is 9.94. The Labute approximate surface area is 242 Å². The number of nitrogens with zero attached hydrogens (tertiary/aromatic N) is 1. The first-order valence-electron chi connectivity index (χ1n) is 13.5. The van der Waals surface area contributed by atoms with Crippen LogP contribution in [0, 0.1) is 0 Å². The van der Waals surface area contributed by atoms with Crippen LogP contribution in [0.1, 0.15) is 62.3 Å². The maximum absolute atomic E-state index is 13.7. The molecule has 1 unspecified atom stereocenters. The molecule has 0 N–H and O–H groups in total. The molecule has 11 heteroatoms. The van der Waals surface area contributed by atoms with Crippen molar-refractivity contribution in [2.75, 3.05) is 6.61 Å². The van der Waals surface area contributed by atoms with Crippen molar-refractivity contribution in [2.24, 2.45) is 0 Å². The van der Waals surface area contributed by atoms with Crippen LogP contribution in [0.4, 0.5) is 0 Å². The Morgan fingerprint density at radius 3 is 1.95 bits per heavy atom. The van der Waals surface area contributed by atoms with Gasteiger partial charge in [-0.2, -0.15) is 0 Å². The van der Waals surface area contributed by atoms with E-state index in [4.69, 9.17) is 23.7 Å². The molecular formula is C31H33NO10. The smallest absolute Gasteiger partial charge is 0.303 e. The quantitative estimate of drug-likeness (QED) is 0.210. The van der Waals surface area contributed by atoms with Gasteiger partial charge in [-0.05, 0) is 18.1 Å². The van der Waals surface area contributed by atoms with Crippen LogP contribution >= 0.6 is 0 Å². The molecule has 2 aromatic carbocycles. The summed E-state index contributed by atoms with van der Waals surface area (Å²) >= 11 is 0. The lowest BCUT2D eigenvalue weighted by Gasteiger charge is -2.44. The predicted molar refractivity (Wildman–Crippen MR) is 148 cm³/mol. The molecule has 1 saturated heterocycles. The highest BCUT2D eigenvalue weighted by molar-refractivity contribution is 6.16. The SMILES string of the molecule is CCc1ccc(C(=O)c2cn(C3O[C@H](COC(C)=O)[C@@H](OC(C)=O)[C@H](OC(C)=O)[C@H]3OC(C)=O)c3ccccc23)cc1. The van der Waals surface area contributed by atoms with Crippen LogP contribution in [0.25, 0.3) is 10.9 Å². The molecule has 0 saturated carbocycles. The van der Waals surface area contributed by atoms with Gasteiger partial charge in [0.25, 0.3) is 0 Å². The van der Waals surface area contributed by atoms with E-state index in [9.17, 15) is 24.0 Å². The number of para-hydroxylation sites is 1. The van der Waals surface area contributed by atoms with Crippen LogP contribution in [0.3, 0.4) is 0 Å². The number of hydrogen-bond acceptors (Lipinski definition) is 10. The fourth-order valence-electron chi connectivity index (χ4n) is 5.07. The largest absolute Gasteiger partial charge is 0.463 e. The number of ether oxygens (including phenoxy) is 5. The molecule has 0 bridgehead atoms. The van der Waals surface area contributed by atoms with Gasteiger partial charge in [-0.25, -0.2) is 0 Å². The highest BCUT2D eigenvalue weighted by atomic mass is 16.7. The van der Waals surface area contributed by atoms with E-state index in [1.807, 2.05) is 19.1 Å². The fraction of sp³-hybridized carbons (Fsp3) is 0.387. The van der Waals surface area contributed by atoms with Gasteiger partial charge < -0.3 is 28.3 Å². The van der Waals surface area contributed by atoms with E-state index >= 15 is 0 Å². The zero-order valence-corrected chi connectivity index (χ0v) is 24.0. The summed E-state index contributed by atoms with van der Waals surface area (Å²) in [4.78, 5) is 62.0. The van der Waals surface area contributed by atoms with Crippen LogP contribution < -0.4 is 0 Å². The van der Waals surface area contributed by atoms with E-state index in [1.54, 1.807) is 47.2 Å². The van der Waals surface area contributed by atoms with Crippen molar-refractivity contribution in [2.45, 2.75) is 71.7 Å². The number of benzene rings is 2. The van der Waals surface area contributed by atoms with Gasteiger partial charge in [0, 0.05) is 50.4 Å². The number of hydrogen-bond donors (Lipinski definition) is 0. The summed E-state index contributed by atoms with van der Waals surface area (Å²) in [7, 11) is 0. The zero-order valence-electron chi connectivity index (χ0n) is 24.0. The van der Waals surface area contributed by atoms with Gasteiger partial charge in [-0.15, -0.1) is 0 Å². The number of carbonyl (C=O) groups excluding carboxylic acids is 5. The topological polar surface area (TPSA) is 136 Å². The molecule has 222 valence electrons. The van der Waals surface area contributed by atoms with Crippen LogP contribution in [0.15, 0.2) is 54.7 Å². The van der Waals surface area contributed by atoms with Gasteiger partial charge in [-0.3, -0.25) is 24.0 Å². The molecular weight excluding hydrogens is 546 g/mol. The molecule has 0 aliphatic carbocycles. The third-order valence-corrected chi connectivity index (χ3v) is 6.85. The number of aryl methyl sites for hydroxylation is 1. The van der Waals surface area contributed by atoms with Crippen LogP contribution in [-0.2, 0) is 49.3 Å². The highest BCUT2D eigenvalue weighted by Gasteiger charge is 2.53. The van der Waals surface area contributed by atoms with Gasteiger partial charge in [0.2, 0.25) is 0 Å². The minimum absolute atomic E-state index is 0.238. The van der Waals surface area contributed by atoms with Gasteiger partial charge in [0.15, 0.2) is 30.3 Å². The Morgan fingerprint density at radius 2 is 1.36 bits per heavy atom. The predicted octanol–water partition coefficient (Wildman–Crippen LogP) is 3.69. The zero-order chi connectivity index (χ0) is 30.6. The van der Waals surface area contributed by atoms with Crippen LogP contribution in [-0.4, -0.2) is 65.3 Å². The van der Waals surface area contributed by atoms with Crippen LogP contribution in [0.2, 0.25) is 0 Å². The number of fused-ring (bicyclic) bond motifs is 1. The fourth-order valence-corrected chi connectivity index (χ4v) is 5.07. The summed E-state index contributed by atoms with van der Waals surface area (Å²) in [6.45, 7) is 6.37. The Kier molecular flexibility index (Phi) is 9.41. The maximum Gasteiger partial charge on any atom is 0.303 e. The second-order valence-corrected chi connectivity index (χ2v) is 9.94. The molecule has 1 fully saturated rings. The number of carbonyl (C=O) groups is 5. The lowest BCUT2D eigenvalue weighted by atomic mass is 9.97. The van der Waals surface area contributed by atoms with E-state index in [2.05, 4.69) is 0 Å². The van der Waals surface area contributed by atoms with E-state index in [0.29, 0.717) is 22.0 Å².